The number of esters is 5. The normalized spacial score (nSPS) is 12.8. The van der Waals surface area contributed by atoms with E-state index in [0.29, 0.717) is 37.6 Å². The minimum absolute atomic E-state index is 0.0166. The maximum atomic E-state index is 13.6. The van der Waals surface area contributed by atoms with Crippen LogP contribution in [0.25, 0.3) is 0 Å². The summed E-state index contributed by atoms with van der Waals surface area (Å²) < 4.78 is 271. The Hall–Kier alpha value is -7.93. The number of hydrogen-bond acceptors (Lipinski definition) is 15. The van der Waals surface area contributed by atoms with Crippen molar-refractivity contribution in [1.29, 1.82) is 0 Å². The van der Waals surface area contributed by atoms with Crippen LogP contribution >= 0.6 is 0 Å². The Morgan fingerprint density at radius 1 is 0.320 bits per heavy atom. The Kier molecular flexibility index (Phi) is 31.2. The molecule has 0 amide bonds. The number of hydrogen-bond donors (Lipinski definition) is 0. The molecule has 570 valence electrons. The SMILES string of the molecule is CCOC(=O)Cn1nc(C(C)(C)C)cc1C(F)(F)C(F)(F)F.CCOC(=O)Cn1nc(C(C)(C)C)cc1C(F)(F)F.CCOC(=O)Cn1nc(C(C)C)cc1C(F)(F)F.CCOC(=O)Cn1nc(C(F)(F)C(F)(F)F)cc1C(C)(C)C.CCOC(=O)Cn1nc(C(F)(F)F)cc1C(C)(C)C. The van der Waals surface area contributed by atoms with E-state index >= 15 is 0 Å². The molecule has 5 aromatic heterocycles. The number of ether oxygens (including phenoxy) is 5. The van der Waals surface area contributed by atoms with Gasteiger partial charge in [0.25, 0.3) is 0 Å². The van der Waals surface area contributed by atoms with E-state index in [0.717, 1.165) is 27.6 Å². The molecule has 0 radical (unpaired) electrons. The number of aromatic nitrogens is 10. The maximum absolute atomic E-state index is 13.6. The first kappa shape index (κ1) is 90.1. The number of carbonyl (C=O) groups excluding carboxylic acids is 5. The Morgan fingerprint density at radius 2 is 0.560 bits per heavy atom. The summed E-state index contributed by atoms with van der Waals surface area (Å²) in [6.45, 7) is 29.2. The van der Waals surface area contributed by atoms with Gasteiger partial charge in [-0.3, -0.25) is 38.0 Å². The van der Waals surface area contributed by atoms with Gasteiger partial charge < -0.3 is 23.7 Å². The second kappa shape index (κ2) is 34.6. The van der Waals surface area contributed by atoms with Crippen LogP contribution in [0.5, 0.6) is 0 Å². The van der Waals surface area contributed by atoms with Crippen molar-refractivity contribution in [2.45, 2.75) is 235 Å². The first-order valence-electron chi connectivity index (χ1n) is 30.3. The molecule has 5 aromatic rings. The summed E-state index contributed by atoms with van der Waals surface area (Å²) in [6.07, 6.45) is -25.2. The molecule has 0 spiro atoms. The summed E-state index contributed by atoms with van der Waals surface area (Å²) in [5, 5.41) is 18.1. The Labute approximate surface area is 563 Å². The molecule has 0 saturated heterocycles. The molecule has 0 fully saturated rings. The zero-order valence-corrected chi connectivity index (χ0v) is 58.3. The first-order chi connectivity index (χ1) is 45.0. The van der Waals surface area contributed by atoms with Crippen molar-refractivity contribution in [1.82, 2.24) is 48.9 Å². The van der Waals surface area contributed by atoms with Crippen LogP contribution in [0.1, 0.15) is 194 Å². The molecule has 0 aliphatic heterocycles. The van der Waals surface area contributed by atoms with Crippen LogP contribution in [0.15, 0.2) is 30.3 Å². The van der Waals surface area contributed by atoms with Crippen molar-refractivity contribution in [3.63, 3.8) is 0 Å². The lowest BCUT2D eigenvalue weighted by Crippen LogP contribution is -2.36. The Balaban J connectivity index is 0.000000626. The molecule has 0 aromatic carbocycles. The maximum Gasteiger partial charge on any atom is 0.459 e. The van der Waals surface area contributed by atoms with Gasteiger partial charge in [-0.2, -0.15) is 109 Å². The van der Waals surface area contributed by atoms with Gasteiger partial charge in [0.15, 0.2) is 5.69 Å². The first-order valence-corrected chi connectivity index (χ1v) is 30.3. The lowest BCUT2D eigenvalue weighted by atomic mass is 9.91. The highest BCUT2D eigenvalue weighted by atomic mass is 19.4. The van der Waals surface area contributed by atoms with Gasteiger partial charge in [-0.15, -0.1) is 0 Å². The van der Waals surface area contributed by atoms with Crippen molar-refractivity contribution < 1.29 is 131 Å². The molecule has 5 rings (SSSR count). The summed E-state index contributed by atoms with van der Waals surface area (Å²) in [5.41, 5.74) is -7.27. The van der Waals surface area contributed by atoms with Gasteiger partial charge in [-0.1, -0.05) is 96.9 Å². The van der Waals surface area contributed by atoms with Crippen LogP contribution in [0.3, 0.4) is 0 Å². The fraction of sp³-hybridized carbons (Fsp3) is 0.672. The highest BCUT2D eigenvalue weighted by molar-refractivity contribution is 5.71. The lowest BCUT2D eigenvalue weighted by Gasteiger charge is -2.20. The number of carbonyl (C=O) groups is 5. The van der Waals surface area contributed by atoms with E-state index in [1.807, 2.05) is 0 Å². The predicted molar refractivity (Wildman–Crippen MR) is 318 cm³/mol. The highest BCUT2D eigenvalue weighted by Gasteiger charge is 2.62. The molecule has 0 saturated carbocycles. The minimum atomic E-state index is -5.78. The van der Waals surface area contributed by atoms with Crippen LogP contribution in [-0.2, 0) is 132 Å². The van der Waals surface area contributed by atoms with Gasteiger partial charge >= 0.3 is 72.6 Å². The zero-order valence-electron chi connectivity index (χ0n) is 58.3. The van der Waals surface area contributed by atoms with Crippen molar-refractivity contribution in [3.05, 3.63) is 87.3 Å². The van der Waals surface area contributed by atoms with E-state index in [-0.39, 0.29) is 62.6 Å². The number of rotatable bonds is 18. The van der Waals surface area contributed by atoms with E-state index in [2.05, 4.69) is 44.4 Å². The second-order valence-corrected chi connectivity index (χ2v) is 25.7. The molecule has 0 aliphatic rings. The summed E-state index contributed by atoms with van der Waals surface area (Å²) in [7, 11) is 0. The van der Waals surface area contributed by atoms with Crippen LogP contribution in [-0.4, -0.2) is 124 Å². The lowest BCUT2D eigenvalue weighted by molar-refractivity contribution is -0.292. The fourth-order valence-electron chi connectivity index (χ4n) is 7.87. The molecule has 0 bridgehead atoms. The second-order valence-electron chi connectivity index (χ2n) is 25.7. The number of halogens is 19. The monoisotopic (exact) mass is 1480 g/mol. The third-order valence-corrected chi connectivity index (χ3v) is 12.7. The smallest absolute Gasteiger partial charge is 0.459 e. The summed E-state index contributed by atoms with van der Waals surface area (Å²) in [5.74, 6) is -14.1. The quantitative estimate of drug-likeness (QED) is 0.0452. The molecular weight excluding hydrogens is 1390 g/mol. The van der Waals surface area contributed by atoms with Crippen molar-refractivity contribution in [3.8, 4) is 0 Å². The summed E-state index contributed by atoms with van der Waals surface area (Å²) in [6, 6.07) is 4.25. The topological polar surface area (TPSA) is 221 Å². The largest absolute Gasteiger partial charge is 0.465 e. The number of alkyl halides is 19. The Morgan fingerprint density at radius 3 is 0.820 bits per heavy atom. The molecule has 20 nitrogen and oxygen atoms in total. The Bertz CT molecular complexity index is 3380. The van der Waals surface area contributed by atoms with Gasteiger partial charge in [0.05, 0.1) is 50.1 Å². The van der Waals surface area contributed by atoms with Gasteiger partial charge in [0.1, 0.15) is 55.5 Å². The summed E-state index contributed by atoms with van der Waals surface area (Å²) >= 11 is 0. The third-order valence-electron chi connectivity index (χ3n) is 12.7. The van der Waals surface area contributed by atoms with Crippen molar-refractivity contribution in [2.75, 3.05) is 33.0 Å². The van der Waals surface area contributed by atoms with Gasteiger partial charge in [0, 0.05) is 33.0 Å². The average Bonchev–Trinajstić information content (AvgIpc) is 1.60. The van der Waals surface area contributed by atoms with E-state index < -0.39 is 149 Å². The van der Waals surface area contributed by atoms with E-state index in [9.17, 15) is 107 Å². The average molecular weight is 1480 g/mol. The summed E-state index contributed by atoms with van der Waals surface area (Å²) in [4.78, 5) is 56.8. The van der Waals surface area contributed by atoms with Crippen LogP contribution in [0.2, 0.25) is 0 Å². The van der Waals surface area contributed by atoms with E-state index in [1.165, 1.54) is 6.92 Å². The molecule has 0 N–H and O–H groups in total. The van der Waals surface area contributed by atoms with E-state index in [1.54, 1.807) is 125 Å². The van der Waals surface area contributed by atoms with Crippen LogP contribution in [0.4, 0.5) is 83.4 Å². The zero-order chi connectivity index (χ0) is 78.3. The van der Waals surface area contributed by atoms with Crippen LogP contribution < -0.4 is 0 Å². The fourth-order valence-corrected chi connectivity index (χ4v) is 7.87. The molecule has 39 heteroatoms. The number of nitrogens with zero attached hydrogens (tertiary/aromatic N) is 10. The molecular formula is C61H83F19N10O10. The molecule has 0 unspecified atom stereocenters. The van der Waals surface area contributed by atoms with Crippen molar-refractivity contribution in [2.24, 2.45) is 0 Å². The van der Waals surface area contributed by atoms with Gasteiger partial charge in [-0.25, -0.2) is 9.36 Å². The van der Waals surface area contributed by atoms with Gasteiger partial charge in [-0.05, 0) is 70.9 Å². The van der Waals surface area contributed by atoms with E-state index in [4.69, 9.17) is 4.74 Å². The predicted octanol–water partition coefficient (Wildman–Crippen LogP) is 14.9. The van der Waals surface area contributed by atoms with Gasteiger partial charge in [0.2, 0.25) is 0 Å². The molecule has 100 heavy (non-hydrogen) atoms. The third kappa shape index (κ3) is 26.9. The molecule has 0 atom stereocenters. The highest BCUT2D eigenvalue weighted by Crippen LogP contribution is 2.46. The van der Waals surface area contributed by atoms with Crippen molar-refractivity contribution >= 4 is 29.8 Å². The van der Waals surface area contributed by atoms with Crippen LogP contribution in [0, 0.1) is 0 Å². The molecule has 5 heterocycles. The minimum Gasteiger partial charge on any atom is -0.465 e. The molecule has 0 aliphatic carbocycles. The standard InChI is InChI=1S/2C13H17F5N2O2.2C12H17F3N2O2.C11H15F3N2O2/c1-5-22-10(21)7-20-9(11(2,3)4)6-8(19-20)12(14,15)13(16,17)18;1-5-22-10(21)7-20-9(12(14,15)13(16,17)18)6-8(19-20)11(2,3)4;1-5-19-10(18)7-17-9(11(2,3)4)6-8(16-17)12(13,14)15;1-5-19-10(18)7-17-9(12(13,14)15)6-8(16-17)11(2,3)4;1-4-18-10(17)6-16-9(11(12,13)14)5-8(15-16)7(2)3/h2*6H,5,7H2,1-4H3;2*6H,5,7H2,1-4H3;5,7H,4,6H2,1-3H3.